The molecule has 160 valence electrons. The van der Waals surface area contributed by atoms with Gasteiger partial charge in [0, 0.05) is 11.4 Å². The van der Waals surface area contributed by atoms with Crippen molar-refractivity contribution in [1.82, 2.24) is 4.90 Å². The largest absolute Gasteiger partial charge is 0.387 e. The van der Waals surface area contributed by atoms with Crippen LogP contribution in [0, 0.1) is 0 Å². The molecule has 4 aromatic carbocycles. The second-order valence-corrected chi connectivity index (χ2v) is 9.13. The molecule has 0 bridgehead atoms. The molecule has 3 atom stereocenters. The summed E-state index contributed by atoms with van der Waals surface area (Å²) in [5, 5.41) is 11.3. The van der Waals surface area contributed by atoms with E-state index in [1.54, 1.807) is 11.8 Å². The quantitative estimate of drug-likeness (QED) is 0.214. The highest BCUT2D eigenvalue weighted by Crippen LogP contribution is 2.50. The highest BCUT2D eigenvalue weighted by molar-refractivity contribution is 7.98. The number of hydrogen-bond acceptors (Lipinski definition) is 3. The van der Waals surface area contributed by atoms with E-state index in [9.17, 15) is 5.11 Å². The highest BCUT2D eigenvalue weighted by Gasteiger charge is 2.55. The molecule has 1 aliphatic rings. The molecule has 1 fully saturated rings. The van der Waals surface area contributed by atoms with Crippen LogP contribution in [0.4, 0.5) is 0 Å². The molecule has 0 radical (unpaired) electrons. The molecule has 2 unspecified atom stereocenters. The molecule has 1 N–H and O–H groups in total. The van der Waals surface area contributed by atoms with Crippen molar-refractivity contribution < 1.29 is 5.11 Å². The van der Waals surface area contributed by atoms with E-state index in [4.69, 9.17) is 0 Å². The molecule has 0 aliphatic carbocycles. The standard InChI is InChI=1S/C29H27NOS/c1-32-26-19-17-22(18-20-26)28(31)27-21-30(27)29(23-11-5-2-6-12-23,24-13-7-3-8-14-24)25-15-9-4-10-16-25/h2-20,27-28,31H,21H2,1H3/t27?,28-,30?/m1/s1. The Morgan fingerprint density at radius 2 is 1.16 bits per heavy atom. The fourth-order valence-electron chi connectivity index (χ4n) is 4.87. The minimum Gasteiger partial charge on any atom is -0.387 e. The lowest BCUT2D eigenvalue weighted by Gasteiger charge is -2.38. The van der Waals surface area contributed by atoms with Crippen molar-refractivity contribution in [3.8, 4) is 0 Å². The van der Waals surface area contributed by atoms with E-state index in [1.165, 1.54) is 21.6 Å². The van der Waals surface area contributed by atoms with E-state index >= 15 is 0 Å². The molecule has 32 heavy (non-hydrogen) atoms. The molecule has 1 heterocycles. The average Bonchev–Trinajstić information content (AvgIpc) is 3.67. The Labute approximate surface area is 194 Å². The third kappa shape index (κ3) is 3.67. The van der Waals surface area contributed by atoms with Crippen LogP contribution in [-0.2, 0) is 5.54 Å². The summed E-state index contributed by atoms with van der Waals surface area (Å²) in [6, 6.07) is 40.4. The molecule has 1 saturated heterocycles. The van der Waals surface area contributed by atoms with Crippen molar-refractivity contribution in [2.75, 3.05) is 12.8 Å². The fraction of sp³-hybridized carbons (Fsp3) is 0.172. The Morgan fingerprint density at radius 3 is 1.56 bits per heavy atom. The molecule has 4 aromatic rings. The van der Waals surface area contributed by atoms with Gasteiger partial charge in [0.15, 0.2) is 0 Å². The van der Waals surface area contributed by atoms with Crippen molar-refractivity contribution in [2.24, 2.45) is 0 Å². The number of thioether (sulfide) groups is 1. The van der Waals surface area contributed by atoms with Crippen LogP contribution in [0.2, 0.25) is 0 Å². The van der Waals surface area contributed by atoms with Gasteiger partial charge in [0.1, 0.15) is 0 Å². The summed E-state index contributed by atoms with van der Waals surface area (Å²) < 4.78 is 0. The van der Waals surface area contributed by atoms with E-state index in [-0.39, 0.29) is 6.04 Å². The maximum absolute atomic E-state index is 11.3. The molecular formula is C29H27NOS. The first-order valence-corrected chi connectivity index (χ1v) is 12.2. The van der Waals surface area contributed by atoms with Gasteiger partial charge in [-0.25, -0.2) is 0 Å². The van der Waals surface area contributed by atoms with E-state index in [0.717, 1.165) is 12.1 Å². The van der Waals surface area contributed by atoms with Gasteiger partial charge in [-0.05, 0) is 40.6 Å². The van der Waals surface area contributed by atoms with Crippen LogP contribution < -0.4 is 0 Å². The first kappa shape index (κ1) is 21.0. The van der Waals surface area contributed by atoms with Crippen LogP contribution in [-0.4, -0.2) is 28.8 Å². The van der Waals surface area contributed by atoms with Crippen molar-refractivity contribution in [2.45, 2.75) is 22.6 Å². The van der Waals surface area contributed by atoms with Crippen LogP contribution in [0.3, 0.4) is 0 Å². The lowest BCUT2D eigenvalue weighted by atomic mass is 9.76. The number of aliphatic hydroxyl groups is 1. The van der Waals surface area contributed by atoms with Gasteiger partial charge in [-0.3, -0.25) is 4.90 Å². The zero-order chi connectivity index (χ0) is 22.0. The molecule has 0 saturated carbocycles. The van der Waals surface area contributed by atoms with Crippen LogP contribution >= 0.6 is 11.8 Å². The molecule has 5 rings (SSSR count). The minimum absolute atomic E-state index is 0.0377. The van der Waals surface area contributed by atoms with Crippen LogP contribution in [0.15, 0.2) is 120 Å². The lowest BCUT2D eigenvalue weighted by Crippen LogP contribution is -2.39. The number of rotatable bonds is 7. The van der Waals surface area contributed by atoms with Crippen molar-refractivity contribution >= 4 is 11.8 Å². The zero-order valence-corrected chi connectivity index (χ0v) is 19.0. The predicted molar refractivity (Wildman–Crippen MR) is 133 cm³/mol. The Morgan fingerprint density at radius 1 is 0.719 bits per heavy atom. The Kier molecular flexibility index (Phi) is 5.88. The summed E-state index contributed by atoms with van der Waals surface area (Å²) in [5.74, 6) is 0. The van der Waals surface area contributed by atoms with E-state index in [0.29, 0.717) is 0 Å². The first-order chi connectivity index (χ1) is 15.7. The van der Waals surface area contributed by atoms with Gasteiger partial charge in [-0.1, -0.05) is 103 Å². The maximum atomic E-state index is 11.3. The minimum atomic E-state index is -0.540. The van der Waals surface area contributed by atoms with E-state index in [1.807, 2.05) is 0 Å². The van der Waals surface area contributed by atoms with Crippen molar-refractivity contribution in [3.05, 3.63) is 138 Å². The smallest absolute Gasteiger partial charge is 0.0977 e. The number of benzene rings is 4. The van der Waals surface area contributed by atoms with E-state index in [2.05, 4.69) is 126 Å². The predicted octanol–water partition coefficient (Wildman–Crippen LogP) is 6.12. The van der Waals surface area contributed by atoms with Gasteiger partial charge in [0.05, 0.1) is 17.7 Å². The maximum Gasteiger partial charge on any atom is 0.0977 e. The molecule has 0 spiro atoms. The van der Waals surface area contributed by atoms with Gasteiger partial charge in [-0.15, -0.1) is 11.8 Å². The van der Waals surface area contributed by atoms with E-state index < -0.39 is 11.6 Å². The summed E-state index contributed by atoms with van der Waals surface area (Å²) in [7, 11) is 0. The second-order valence-electron chi connectivity index (χ2n) is 8.25. The summed E-state index contributed by atoms with van der Waals surface area (Å²) in [5.41, 5.74) is 4.15. The molecule has 0 amide bonds. The Balaban J connectivity index is 1.62. The molecule has 1 aliphatic heterocycles. The van der Waals surface area contributed by atoms with Gasteiger partial charge < -0.3 is 5.11 Å². The topological polar surface area (TPSA) is 23.2 Å². The number of nitrogens with zero attached hydrogens (tertiary/aromatic N) is 1. The lowest BCUT2D eigenvalue weighted by molar-refractivity contribution is 0.142. The van der Waals surface area contributed by atoms with Crippen LogP contribution in [0.5, 0.6) is 0 Å². The Hall–Kier alpha value is -2.85. The molecule has 0 aromatic heterocycles. The molecular weight excluding hydrogens is 410 g/mol. The fourth-order valence-corrected chi connectivity index (χ4v) is 5.28. The van der Waals surface area contributed by atoms with Crippen molar-refractivity contribution in [3.63, 3.8) is 0 Å². The zero-order valence-electron chi connectivity index (χ0n) is 18.1. The average molecular weight is 438 g/mol. The third-order valence-corrected chi connectivity index (χ3v) is 7.22. The molecule has 3 heteroatoms. The van der Waals surface area contributed by atoms with Gasteiger partial charge in [0.25, 0.3) is 0 Å². The van der Waals surface area contributed by atoms with Gasteiger partial charge in [-0.2, -0.15) is 0 Å². The number of aliphatic hydroxyl groups excluding tert-OH is 1. The third-order valence-electron chi connectivity index (χ3n) is 6.48. The molecule has 2 nitrogen and oxygen atoms in total. The first-order valence-electron chi connectivity index (χ1n) is 11.0. The summed E-state index contributed by atoms with van der Waals surface area (Å²) >= 11 is 1.72. The van der Waals surface area contributed by atoms with Crippen LogP contribution in [0.25, 0.3) is 0 Å². The summed E-state index contributed by atoms with van der Waals surface area (Å²) in [6.45, 7) is 0.824. The summed E-state index contributed by atoms with van der Waals surface area (Å²) in [6.07, 6.45) is 1.53. The Bertz CT molecular complexity index is 1050. The van der Waals surface area contributed by atoms with Gasteiger partial charge in [0.2, 0.25) is 0 Å². The highest BCUT2D eigenvalue weighted by atomic mass is 32.2. The monoisotopic (exact) mass is 437 g/mol. The summed E-state index contributed by atoms with van der Waals surface area (Å²) in [4.78, 5) is 3.65. The number of hydrogen-bond donors (Lipinski definition) is 1. The normalized spacial score (nSPS) is 18.8. The second kappa shape index (κ2) is 8.95. The SMILES string of the molecule is CSc1ccc([C@@H](O)C2CN2C(c2ccccc2)(c2ccccc2)c2ccccc2)cc1. The van der Waals surface area contributed by atoms with Crippen molar-refractivity contribution in [1.29, 1.82) is 0 Å². The van der Waals surface area contributed by atoms with Gasteiger partial charge >= 0.3 is 0 Å². The van der Waals surface area contributed by atoms with Crippen LogP contribution in [0.1, 0.15) is 28.4 Å².